The normalized spacial score (nSPS) is 20.6. The van der Waals surface area contributed by atoms with Gasteiger partial charge in [0, 0.05) is 23.3 Å². The van der Waals surface area contributed by atoms with E-state index in [2.05, 4.69) is 4.72 Å². The van der Waals surface area contributed by atoms with E-state index in [4.69, 9.17) is 5.73 Å². The summed E-state index contributed by atoms with van der Waals surface area (Å²) >= 11 is 0. The highest BCUT2D eigenvalue weighted by Gasteiger charge is 2.35. The average molecular weight is 452 g/mol. The fourth-order valence-corrected chi connectivity index (χ4v) is 6.64. The first-order valence-electron chi connectivity index (χ1n) is 9.58. The van der Waals surface area contributed by atoms with Crippen molar-refractivity contribution in [3.63, 3.8) is 0 Å². The van der Waals surface area contributed by atoms with E-state index < -0.39 is 26.0 Å². The van der Waals surface area contributed by atoms with Gasteiger partial charge in [0.25, 0.3) is 10.0 Å². The second-order valence-electron chi connectivity index (χ2n) is 7.48. The molecular weight excluding hydrogens is 426 g/mol. The predicted molar refractivity (Wildman–Crippen MR) is 114 cm³/mol. The standard InChI is InChI=1S/C20H25N3O5S2/c1-14-4-3-5-15(2)23(14)30(27,28)19-12-8-17(9-13-19)22-29(25,26)18-10-6-16(7-11-18)20(21)24/h6-15,22H,3-5H2,1-2H3,(H2,21,24). The quantitative estimate of drug-likeness (QED) is 0.698. The molecular formula is C20H25N3O5S2. The van der Waals surface area contributed by atoms with Gasteiger partial charge in [0.2, 0.25) is 15.9 Å². The molecule has 3 rings (SSSR count). The lowest BCUT2D eigenvalue weighted by Crippen LogP contribution is -2.47. The van der Waals surface area contributed by atoms with Crippen LogP contribution < -0.4 is 10.5 Å². The third-order valence-electron chi connectivity index (χ3n) is 5.24. The van der Waals surface area contributed by atoms with Gasteiger partial charge in [-0.1, -0.05) is 6.42 Å². The van der Waals surface area contributed by atoms with Gasteiger partial charge >= 0.3 is 0 Å². The summed E-state index contributed by atoms with van der Waals surface area (Å²) < 4.78 is 55.2. The molecule has 0 radical (unpaired) electrons. The van der Waals surface area contributed by atoms with Crippen LogP contribution in [0.4, 0.5) is 5.69 Å². The van der Waals surface area contributed by atoms with E-state index in [0.717, 1.165) is 19.3 Å². The van der Waals surface area contributed by atoms with Gasteiger partial charge in [-0.25, -0.2) is 16.8 Å². The van der Waals surface area contributed by atoms with Crippen LogP contribution in [-0.4, -0.2) is 39.1 Å². The van der Waals surface area contributed by atoms with E-state index in [1.807, 2.05) is 13.8 Å². The maximum Gasteiger partial charge on any atom is 0.261 e. The van der Waals surface area contributed by atoms with Crippen molar-refractivity contribution in [3.8, 4) is 0 Å². The second kappa shape index (κ2) is 8.37. The molecule has 1 aliphatic heterocycles. The number of carbonyl (C=O) groups excluding carboxylic acids is 1. The molecule has 1 amide bonds. The van der Waals surface area contributed by atoms with Crippen molar-refractivity contribution in [2.24, 2.45) is 5.73 Å². The fraction of sp³-hybridized carbons (Fsp3) is 0.350. The first-order valence-corrected chi connectivity index (χ1v) is 12.5. The van der Waals surface area contributed by atoms with E-state index in [-0.39, 0.29) is 33.1 Å². The number of amides is 1. The van der Waals surface area contributed by atoms with Crippen LogP contribution in [0, 0.1) is 0 Å². The minimum Gasteiger partial charge on any atom is -0.366 e. The van der Waals surface area contributed by atoms with Gasteiger partial charge in [0.15, 0.2) is 0 Å². The van der Waals surface area contributed by atoms with E-state index in [1.54, 1.807) is 0 Å². The Labute approximate surface area is 177 Å². The van der Waals surface area contributed by atoms with Gasteiger partial charge in [-0.2, -0.15) is 4.31 Å². The van der Waals surface area contributed by atoms with Crippen molar-refractivity contribution >= 4 is 31.6 Å². The number of anilines is 1. The summed E-state index contributed by atoms with van der Waals surface area (Å²) in [6.45, 7) is 3.80. The summed E-state index contributed by atoms with van der Waals surface area (Å²) in [5, 5.41) is 0. The van der Waals surface area contributed by atoms with Gasteiger partial charge in [-0.15, -0.1) is 0 Å². The van der Waals surface area contributed by atoms with Crippen molar-refractivity contribution in [2.75, 3.05) is 4.72 Å². The number of sulfonamides is 2. The molecule has 8 nitrogen and oxygen atoms in total. The maximum absolute atomic E-state index is 13.1. The number of carbonyl (C=O) groups is 1. The van der Waals surface area contributed by atoms with Gasteiger partial charge in [-0.05, 0) is 75.2 Å². The van der Waals surface area contributed by atoms with Crippen LogP contribution in [0.1, 0.15) is 43.5 Å². The lowest BCUT2D eigenvalue weighted by atomic mass is 10.0. The number of piperidine rings is 1. The Hall–Kier alpha value is -2.43. The molecule has 2 atom stereocenters. The first-order chi connectivity index (χ1) is 14.0. The molecule has 0 saturated carbocycles. The third kappa shape index (κ3) is 4.50. The average Bonchev–Trinajstić information content (AvgIpc) is 2.68. The highest BCUT2D eigenvalue weighted by atomic mass is 32.2. The van der Waals surface area contributed by atoms with Crippen LogP contribution >= 0.6 is 0 Å². The van der Waals surface area contributed by atoms with Gasteiger partial charge in [0.1, 0.15) is 0 Å². The number of hydrogen-bond acceptors (Lipinski definition) is 5. The van der Waals surface area contributed by atoms with E-state index in [0.29, 0.717) is 0 Å². The molecule has 162 valence electrons. The zero-order chi connectivity index (χ0) is 22.1. The Morgan fingerprint density at radius 2 is 1.40 bits per heavy atom. The molecule has 0 aromatic heterocycles. The summed E-state index contributed by atoms with van der Waals surface area (Å²) in [4.78, 5) is 11.2. The third-order valence-corrected chi connectivity index (χ3v) is 8.78. The molecule has 10 heteroatoms. The molecule has 1 fully saturated rings. The maximum atomic E-state index is 13.1. The van der Waals surface area contributed by atoms with Gasteiger partial charge < -0.3 is 5.73 Å². The van der Waals surface area contributed by atoms with Crippen molar-refractivity contribution in [2.45, 2.75) is 55.0 Å². The molecule has 1 saturated heterocycles. The first kappa shape index (κ1) is 22.3. The van der Waals surface area contributed by atoms with Crippen LogP contribution in [-0.2, 0) is 20.0 Å². The highest BCUT2D eigenvalue weighted by molar-refractivity contribution is 7.92. The largest absolute Gasteiger partial charge is 0.366 e. The summed E-state index contributed by atoms with van der Waals surface area (Å²) in [5.41, 5.74) is 5.59. The Morgan fingerprint density at radius 1 is 0.900 bits per heavy atom. The SMILES string of the molecule is CC1CCCC(C)N1S(=O)(=O)c1ccc(NS(=O)(=O)c2ccc(C(N)=O)cc2)cc1. The molecule has 0 aliphatic carbocycles. The summed E-state index contributed by atoms with van der Waals surface area (Å²) in [7, 11) is -7.58. The van der Waals surface area contributed by atoms with E-state index in [1.165, 1.54) is 52.8 Å². The van der Waals surface area contributed by atoms with Crippen LogP contribution in [0.2, 0.25) is 0 Å². The number of nitrogens with zero attached hydrogens (tertiary/aromatic N) is 1. The number of nitrogens with two attached hydrogens (primary N) is 1. The summed E-state index contributed by atoms with van der Waals surface area (Å²) in [5.74, 6) is -0.652. The second-order valence-corrected chi connectivity index (χ2v) is 11.0. The Bertz CT molecular complexity index is 1120. The lowest BCUT2D eigenvalue weighted by molar-refractivity contribution is 0.1000. The lowest BCUT2D eigenvalue weighted by Gasteiger charge is -2.37. The number of rotatable bonds is 6. The van der Waals surface area contributed by atoms with Gasteiger partial charge in [-0.3, -0.25) is 9.52 Å². The topological polar surface area (TPSA) is 127 Å². The smallest absolute Gasteiger partial charge is 0.261 e. The van der Waals surface area contributed by atoms with Crippen molar-refractivity contribution < 1.29 is 21.6 Å². The highest BCUT2D eigenvalue weighted by Crippen LogP contribution is 2.30. The predicted octanol–water partition coefficient (Wildman–Crippen LogP) is 2.54. The van der Waals surface area contributed by atoms with Crippen LogP contribution in [0.3, 0.4) is 0 Å². The van der Waals surface area contributed by atoms with Gasteiger partial charge in [0.05, 0.1) is 9.79 Å². The van der Waals surface area contributed by atoms with Crippen molar-refractivity contribution in [3.05, 3.63) is 54.1 Å². The Kier molecular flexibility index (Phi) is 6.21. The summed E-state index contributed by atoms with van der Waals surface area (Å²) in [6, 6.07) is 10.7. The summed E-state index contributed by atoms with van der Waals surface area (Å²) in [6.07, 6.45) is 2.63. The number of primary amides is 1. The molecule has 2 unspecified atom stereocenters. The minimum atomic E-state index is -3.90. The molecule has 0 spiro atoms. The molecule has 1 heterocycles. The molecule has 0 bridgehead atoms. The van der Waals surface area contributed by atoms with Crippen molar-refractivity contribution in [1.82, 2.24) is 4.31 Å². The monoisotopic (exact) mass is 451 g/mol. The van der Waals surface area contributed by atoms with Crippen LogP contribution in [0.5, 0.6) is 0 Å². The van der Waals surface area contributed by atoms with E-state index in [9.17, 15) is 21.6 Å². The minimum absolute atomic E-state index is 0.0415. The fourth-order valence-electron chi connectivity index (χ4n) is 3.70. The number of hydrogen-bond donors (Lipinski definition) is 2. The molecule has 2 aromatic rings. The molecule has 30 heavy (non-hydrogen) atoms. The zero-order valence-corrected chi connectivity index (χ0v) is 18.4. The zero-order valence-electron chi connectivity index (χ0n) is 16.8. The van der Waals surface area contributed by atoms with E-state index >= 15 is 0 Å². The Balaban J connectivity index is 1.80. The van der Waals surface area contributed by atoms with Crippen molar-refractivity contribution in [1.29, 1.82) is 0 Å². The van der Waals surface area contributed by atoms with Crippen LogP contribution in [0.25, 0.3) is 0 Å². The number of nitrogens with one attached hydrogen (secondary N) is 1. The Morgan fingerprint density at radius 3 is 1.90 bits per heavy atom. The number of benzene rings is 2. The molecule has 2 aromatic carbocycles. The molecule has 3 N–H and O–H groups in total. The molecule has 1 aliphatic rings. The van der Waals surface area contributed by atoms with Crippen LogP contribution in [0.15, 0.2) is 58.3 Å².